The van der Waals surface area contributed by atoms with Gasteiger partial charge in [-0.15, -0.1) is 0 Å². The van der Waals surface area contributed by atoms with E-state index in [1.807, 2.05) is 19.1 Å². The summed E-state index contributed by atoms with van der Waals surface area (Å²) in [4.78, 5) is 24.2. The highest BCUT2D eigenvalue weighted by molar-refractivity contribution is 7.92. The lowest BCUT2D eigenvalue weighted by atomic mass is 10.0. The van der Waals surface area contributed by atoms with Crippen LogP contribution in [0, 0.1) is 6.92 Å². The van der Waals surface area contributed by atoms with Gasteiger partial charge in [-0.1, -0.05) is 42.0 Å². The van der Waals surface area contributed by atoms with E-state index < -0.39 is 10.0 Å². The number of carbonyl (C=O) groups is 2. The number of benzene rings is 2. The normalized spacial score (nSPS) is 11.0. The number of para-hydroxylation sites is 2. The van der Waals surface area contributed by atoms with Crippen LogP contribution in [-0.2, 0) is 14.8 Å². The van der Waals surface area contributed by atoms with Gasteiger partial charge in [0.1, 0.15) is 0 Å². The van der Waals surface area contributed by atoms with Gasteiger partial charge in [-0.25, -0.2) is 8.42 Å². The van der Waals surface area contributed by atoms with Gasteiger partial charge >= 0.3 is 0 Å². The third kappa shape index (κ3) is 6.04. The monoisotopic (exact) mass is 360 g/mol. The SMILES string of the molecule is Cc1ccc(C(=O)CCC(=O)Nc2ccccc2NS(C)(=O)=O)cc1. The molecule has 6 nitrogen and oxygen atoms in total. The Bertz CT molecular complexity index is 874. The first-order valence-corrected chi connectivity index (χ1v) is 9.60. The molecule has 0 radical (unpaired) electrons. The molecular weight excluding hydrogens is 340 g/mol. The van der Waals surface area contributed by atoms with E-state index >= 15 is 0 Å². The summed E-state index contributed by atoms with van der Waals surface area (Å²) in [5, 5.41) is 2.63. The van der Waals surface area contributed by atoms with Crippen LogP contribution in [0.2, 0.25) is 0 Å². The summed E-state index contributed by atoms with van der Waals surface area (Å²) in [7, 11) is -3.46. The van der Waals surface area contributed by atoms with Gasteiger partial charge in [-0.2, -0.15) is 0 Å². The molecule has 25 heavy (non-hydrogen) atoms. The number of nitrogens with one attached hydrogen (secondary N) is 2. The molecule has 0 saturated carbocycles. The Morgan fingerprint density at radius 2 is 1.52 bits per heavy atom. The van der Waals surface area contributed by atoms with Gasteiger partial charge in [0.2, 0.25) is 15.9 Å². The van der Waals surface area contributed by atoms with Crippen molar-refractivity contribution in [2.75, 3.05) is 16.3 Å². The lowest BCUT2D eigenvalue weighted by Crippen LogP contribution is -2.16. The summed E-state index contributed by atoms with van der Waals surface area (Å²) in [5.74, 6) is -0.471. The van der Waals surface area contributed by atoms with Crippen LogP contribution in [0.3, 0.4) is 0 Å². The topological polar surface area (TPSA) is 92.3 Å². The summed E-state index contributed by atoms with van der Waals surface area (Å²) < 4.78 is 25.1. The Kier molecular flexibility index (Phi) is 5.93. The van der Waals surface area contributed by atoms with Gasteiger partial charge in [0.05, 0.1) is 17.6 Å². The summed E-state index contributed by atoms with van der Waals surface area (Å²) in [6, 6.07) is 13.6. The van der Waals surface area contributed by atoms with Crippen molar-refractivity contribution in [3.05, 3.63) is 59.7 Å². The second-order valence-electron chi connectivity index (χ2n) is 5.76. The van der Waals surface area contributed by atoms with Gasteiger partial charge < -0.3 is 5.32 Å². The molecule has 2 aromatic rings. The Morgan fingerprint density at radius 1 is 0.920 bits per heavy atom. The average Bonchev–Trinajstić information content (AvgIpc) is 2.54. The van der Waals surface area contributed by atoms with Crippen LogP contribution in [0.4, 0.5) is 11.4 Å². The predicted molar refractivity (Wildman–Crippen MR) is 98.3 cm³/mol. The van der Waals surface area contributed by atoms with Crippen LogP contribution in [0.1, 0.15) is 28.8 Å². The minimum Gasteiger partial charge on any atom is -0.324 e. The van der Waals surface area contributed by atoms with Crippen molar-refractivity contribution < 1.29 is 18.0 Å². The number of Topliss-reactive ketones (excluding diaryl/α,β-unsaturated/α-hetero) is 1. The fourth-order valence-electron chi connectivity index (χ4n) is 2.20. The molecule has 0 unspecified atom stereocenters. The standard InChI is InChI=1S/C18H20N2O4S/c1-13-7-9-14(10-8-13)17(21)11-12-18(22)19-15-5-3-4-6-16(15)20-25(2,23)24/h3-10,20H,11-12H2,1-2H3,(H,19,22). The molecule has 1 amide bonds. The summed E-state index contributed by atoms with van der Waals surface area (Å²) >= 11 is 0. The van der Waals surface area contributed by atoms with Gasteiger partial charge in [-0.3, -0.25) is 14.3 Å². The summed E-state index contributed by atoms with van der Waals surface area (Å²) in [5.41, 5.74) is 2.26. The number of hydrogen-bond donors (Lipinski definition) is 2. The van der Waals surface area contributed by atoms with E-state index in [-0.39, 0.29) is 30.2 Å². The zero-order valence-corrected chi connectivity index (χ0v) is 14.9. The van der Waals surface area contributed by atoms with Crippen molar-refractivity contribution in [1.29, 1.82) is 0 Å². The minimum atomic E-state index is -3.46. The fourth-order valence-corrected chi connectivity index (χ4v) is 2.78. The van der Waals surface area contributed by atoms with Crippen LogP contribution < -0.4 is 10.0 Å². The van der Waals surface area contributed by atoms with Crippen molar-refractivity contribution in [2.24, 2.45) is 0 Å². The second-order valence-corrected chi connectivity index (χ2v) is 7.51. The van der Waals surface area contributed by atoms with Crippen molar-refractivity contribution in [3.63, 3.8) is 0 Å². The summed E-state index contributed by atoms with van der Waals surface area (Å²) in [6.07, 6.45) is 1.13. The van der Waals surface area contributed by atoms with Gasteiger partial charge in [0.15, 0.2) is 5.78 Å². The number of aryl methyl sites for hydroxylation is 1. The van der Waals surface area contributed by atoms with Crippen molar-refractivity contribution in [2.45, 2.75) is 19.8 Å². The first-order valence-electron chi connectivity index (χ1n) is 7.71. The molecule has 0 spiro atoms. The maximum atomic E-state index is 12.1. The molecule has 0 aliphatic rings. The largest absolute Gasteiger partial charge is 0.324 e. The van der Waals surface area contributed by atoms with E-state index in [2.05, 4.69) is 10.0 Å². The molecule has 0 bridgehead atoms. The first kappa shape index (κ1) is 18.7. The minimum absolute atomic E-state index is 0.0138. The Labute approximate surface area is 147 Å². The third-order valence-corrected chi connectivity index (χ3v) is 4.04. The Hall–Kier alpha value is -2.67. The van der Waals surface area contributed by atoms with Crippen LogP contribution in [0.5, 0.6) is 0 Å². The highest BCUT2D eigenvalue weighted by atomic mass is 32.2. The van der Waals surface area contributed by atoms with Crippen LogP contribution in [0.15, 0.2) is 48.5 Å². The summed E-state index contributed by atoms with van der Waals surface area (Å²) in [6.45, 7) is 1.93. The molecule has 0 heterocycles. The zero-order chi connectivity index (χ0) is 18.4. The number of sulfonamides is 1. The maximum absolute atomic E-state index is 12.1. The van der Waals surface area contributed by atoms with E-state index in [4.69, 9.17) is 0 Å². The van der Waals surface area contributed by atoms with E-state index in [1.165, 1.54) is 0 Å². The highest BCUT2D eigenvalue weighted by Crippen LogP contribution is 2.22. The molecular formula is C18H20N2O4S. The van der Waals surface area contributed by atoms with E-state index in [9.17, 15) is 18.0 Å². The van der Waals surface area contributed by atoms with Gasteiger partial charge in [-0.05, 0) is 19.1 Å². The molecule has 2 aromatic carbocycles. The second kappa shape index (κ2) is 7.94. The lowest BCUT2D eigenvalue weighted by Gasteiger charge is -2.11. The fraction of sp³-hybridized carbons (Fsp3) is 0.222. The maximum Gasteiger partial charge on any atom is 0.229 e. The smallest absolute Gasteiger partial charge is 0.229 e. The van der Waals surface area contributed by atoms with E-state index in [1.54, 1.807) is 36.4 Å². The molecule has 0 atom stereocenters. The molecule has 0 saturated heterocycles. The quantitative estimate of drug-likeness (QED) is 0.743. The first-order chi connectivity index (χ1) is 11.7. The zero-order valence-electron chi connectivity index (χ0n) is 14.1. The number of anilines is 2. The molecule has 0 aliphatic carbocycles. The number of amides is 1. The lowest BCUT2D eigenvalue weighted by molar-refractivity contribution is -0.116. The average molecular weight is 360 g/mol. The van der Waals surface area contributed by atoms with Crippen LogP contribution in [0.25, 0.3) is 0 Å². The molecule has 0 aliphatic heterocycles. The number of hydrogen-bond acceptors (Lipinski definition) is 4. The van der Waals surface area contributed by atoms with Gasteiger partial charge in [0.25, 0.3) is 0 Å². The number of carbonyl (C=O) groups excluding carboxylic acids is 2. The van der Waals surface area contributed by atoms with E-state index in [0.29, 0.717) is 11.3 Å². The van der Waals surface area contributed by atoms with Gasteiger partial charge in [0, 0.05) is 18.4 Å². The van der Waals surface area contributed by atoms with E-state index in [0.717, 1.165) is 11.8 Å². The van der Waals surface area contributed by atoms with Crippen molar-refractivity contribution in [3.8, 4) is 0 Å². The molecule has 2 N–H and O–H groups in total. The molecule has 2 rings (SSSR count). The van der Waals surface area contributed by atoms with Crippen LogP contribution >= 0.6 is 0 Å². The Balaban J connectivity index is 1.97. The third-order valence-electron chi connectivity index (χ3n) is 3.45. The molecule has 132 valence electrons. The Morgan fingerprint density at radius 3 is 2.12 bits per heavy atom. The number of rotatable bonds is 7. The predicted octanol–water partition coefficient (Wildman–Crippen LogP) is 2.97. The van der Waals surface area contributed by atoms with Crippen molar-refractivity contribution in [1.82, 2.24) is 0 Å². The number of ketones is 1. The molecule has 0 aromatic heterocycles. The van der Waals surface area contributed by atoms with Crippen molar-refractivity contribution >= 4 is 33.1 Å². The highest BCUT2D eigenvalue weighted by Gasteiger charge is 2.12. The molecule has 7 heteroatoms. The van der Waals surface area contributed by atoms with Crippen LogP contribution in [-0.4, -0.2) is 26.4 Å². The molecule has 0 fully saturated rings.